The van der Waals surface area contributed by atoms with Gasteiger partial charge in [0.2, 0.25) is 0 Å². The smallest absolute Gasteiger partial charge is 0.0610 e. The van der Waals surface area contributed by atoms with Crippen LogP contribution in [-0.2, 0) is 0 Å². The highest BCUT2D eigenvalue weighted by Crippen LogP contribution is 2.39. The van der Waals surface area contributed by atoms with Crippen molar-refractivity contribution in [2.75, 3.05) is 0 Å². The summed E-state index contributed by atoms with van der Waals surface area (Å²) in [4.78, 5) is 0. The average molecular weight is 208 g/mol. The first kappa shape index (κ1) is 11.8. The first-order valence-electron chi connectivity index (χ1n) is 6.13. The van der Waals surface area contributed by atoms with E-state index in [4.69, 9.17) is 0 Å². The molecule has 1 heteroatoms. The van der Waals surface area contributed by atoms with Crippen LogP contribution < -0.4 is 0 Å². The van der Waals surface area contributed by atoms with Crippen LogP contribution in [0.1, 0.15) is 33.1 Å². The van der Waals surface area contributed by atoms with Gasteiger partial charge in [-0.15, -0.1) is 0 Å². The molecule has 0 amide bonds. The fourth-order valence-electron chi connectivity index (χ4n) is 2.17. The highest BCUT2D eigenvalue weighted by molar-refractivity contribution is 6.83. The normalized spacial score (nSPS) is 20.4. The Bertz CT molecular complexity index is 181. The van der Waals surface area contributed by atoms with E-state index in [1.807, 2.05) is 0 Å². The Hall–Kier alpha value is -0.303. The number of hydrogen-bond acceptors (Lipinski definition) is 0. The van der Waals surface area contributed by atoms with Crippen LogP contribution in [0.3, 0.4) is 0 Å². The van der Waals surface area contributed by atoms with Crippen molar-refractivity contribution in [3.63, 3.8) is 0 Å². The highest BCUT2D eigenvalue weighted by atomic mass is 28.3. The van der Waals surface area contributed by atoms with Crippen LogP contribution in [0.2, 0.25) is 24.2 Å². The molecular formula is C13H24Si. The van der Waals surface area contributed by atoms with E-state index in [0.717, 1.165) is 0 Å². The Kier molecular flexibility index (Phi) is 5.24. The molecule has 0 N–H and O–H groups in total. The van der Waals surface area contributed by atoms with Gasteiger partial charge in [0.1, 0.15) is 0 Å². The van der Waals surface area contributed by atoms with Crippen molar-refractivity contribution in [1.82, 2.24) is 0 Å². The lowest BCUT2D eigenvalue weighted by molar-refractivity contribution is 0.880. The van der Waals surface area contributed by atoms with Gasteiger partial charge in [-0.2, -0.15) is 0 Å². The molecule has 0 aromatic carbocycles. The second-order valence-electron chi connectivity index (χ2n) is 4.52. The van der Waals surface area contributed by atoms with Gasteiger partial charge in [0, 0.05) is 0 Å². The minimum absolute atomic E-state index is 0.791. The van der Waals surface area contributed by atoms with E-state index in [0.29, 0.717) is 0 Å². The Morgan fingerprint density at radius 3 is 1.64 bits per heavy atom. The van der Waals surface area contributed by atoms with Crippen molar-refractivity contribution in [2.24, 2.45) is 0 Å². The topological polar surface area (TPSA) is 0 Å². The highest BCUT2D eigenvalue weighted by Gasteiger charge is 2.36. The van der Waals surface area contributed by atoms with Gasteiger partial charge < -0.3 is 0 Å². The Morgan fingerprint density at radius 1 is 0.857 bits per heavy atom. The monoisotopic (exact) mass is 208 g/mol. The molecule has 0 bridgehead atoms. The van der Waals surface area contributed by atoms with Gasteiger partial charge in [0.05, 0.1) is 8.07 Å². The van der Waals surface area contributed by atoms with Gasteiger partial charge in [0.25, 0.3) is 0 Å². The van der Waals surface area contributed by atoms with Crippen molar-refractivity contribution in [1.29, 1.82) is 0 Å². The van der Waals surface area contributed by atoms with Gasteiger partial charge in [-0.05, 0) is 24.9 Å². The van der Waals surface area contributed by atoms with Crippen molar-refractivity contribution in [2.45, 2.75) is 57.3 Å². The molecule has 1 aliphatic heterocycles. The van der Waals surface area contributed by atoms with Crippen LogP contribution in [0.4, 0.5) is 0 Å². The van der Waals surface area contributed by atoms with Crippen molar-refractivity contribution >= 4 is 8.07 Å². The lowest BCUT2D eigenvalue weighted by Gasteiger charge is -2.38. The fourth-order valence-corrected chi connectivity index (χ4v) is 5.84. The summed E-state index contributed by atoms with van der Waals surface area (Å²) >= 11 is 0. The van der Waals surface area contributed by atoms with Gasteiger partial charge in [-0.1, -0.05) is 56.7 Å². The summed E-state index contributed by atoms with van der Waals surface area (Å²) in [6.45, 7) is 4.45. The Labute approximate surface area is 90.1 Å². The van der Waals surface area contributed by atoms with Gasteiger partial charge >= 0.3 is 0 Å². The van der Waals surface area contributed by atoms with E-state index >= 15 is 0 Å². The van der Waals surface area contributed by atoms with E-state index in [2.05, 4.69) is 38.2 Å². The van der Waals surface area contributed by atoms with Crippen LogP contribution in [-0.4, -0.2) is 8.07 Å². The summed E-state index contributed by atoms with van der Waals surface area (Å²) in [5.41, 5.74) is 0. The summed E-state index contributed by atoms with van der Waals surface area (Å²) in [6, 6.07) is 6.04. The second kappa shape index (κ2) is 6.23. The predicted octanol–water partition coefficient (Wildman–Crippen LogP) is 4.77. The van der Waals surface area contributed by atoms with Crippen molar-refractivity contribution in [3.8, 4) is 0 Å². The molecule has 14 heavy (non-hydrogen) atoms. The van der Waals surface area contributed by atoms with E-state index in [-0.39, 0.29) is 0 Å². The summed E-state index contributed by atoms with van der Waals surface area (Å²) in [6.07, 6.45) is 13.5. The molecule has 0 spiro atoms. The van der Waals surface area contributed by atoms with E-state index < -0.39 is 8.07 Å². The lowest BCUT2D eigenvalue weighted by Crippen LogP contribution is -2.39. The van der Waals surface area contributed by atoms with Crippen LogP contribution in [0, 0.1) is 0 Å². The zero-order valence-corrected chi connectivity index (χ0v) is 10.8. The maximum Gasteiger partial charge on any atom is 0.0610 e. The first-order valence-corrected chi connectivity index (χ1v) is 8.96. The van der Waals surface area contributed by atoms with Gasteiger partial charge in [-0.3, -0.25) is 0 Å². The minimum Gasteiger partial charge on any atom is -0.0912 e. The fraction of sp³-hybridized carbons (Fsp3) is 0.692. The van der Waals surface area contributed by atoms with Crippen molar-refractivity contribution < 1.29 is 0 Å². The maximum atomic E-state index is 2.45. The molecule has 1 aliphatic rings. The molecule has 0 aromatic heterocycles. The molecule has 0 atom stereocenters. The third-order valence-corrected chi connectivity index (χ3v) is 8.35. The average Bonchev–Trinajstić information content (AvgIpc) is 2.13. The molecule has 0 unspecified atom stereocenters. The molecule has 0 aromatic rings. The SMILES string of the molecule is CC/C=C/C[Si]1(C/C=C/CC)CCC1. The number of rotatable bonds is 6. The standard InChI is InChI=1S/C13H24Si/c1-3-5-7-10-14(12-9-13-14)11-8-6-4-2/h5-8H,3-4,9-13H2,1-2H3/b7-5+,8-6+. The quantitative estimate of drug-likeness (QED) is 0.435. The van der Waals surface area contributed by atoms with Crippen LogP contribution in [0.15, 0.2) is 24.3 Å². The third-order valence-electron chi connectivity index (χ3n) is 3.32. The molecule has 1 fully saturated rings. The summed E-state index contributed by atoms with van der Waals surface area (Å²) in [7, 11) is -0.791. The zero-order valence-electron chi connectivity index (χ0n) is 9.76. The molecule has 0 aliphatic carbocycles. The van der Waals surface area contributed by atoms with Gasteiger partial charge in [0.15, 0.2) is 0 Å². The minimum atomic E-state index is -0.791. The van der Waals surface area contributed by atoms with E-state index in [1.165, 1.54) is 31.4 Å². The van der Waals surface area contributed by atoms with Crippen LogP contribution in [0.25, 0.3) is 0 Å². The predicted molar refractivity (Wildman–Crippen MR) is 68.5 cm³/mol. The second-order valence-corrected chi connectivity index (χ2v) is 9.34. The Balaban J connectivity index is 2.33. The zero-order chi connectivity index (χ0) is 10.3. The van der Waals surface area contributed by atoms with Crippen LogP contribution >= 0.6 is 0 Å². The molecule has 0 nitrogen and oxygen atoms in total. The van der Waals surface area contributed by atoms with Crippen molar-refractivity contribution in [3.05, 3.63) is 24.3 Å². The Morgan fingerprint density at radius 2 is 1.36 bits per heavy atom. The van der Waals surface area contributed by atoms with E-state index in [9.17, 15) is 0 Å². The van der Waals surface area contributed by atoms with E-state index in [1.54, 1.807) is 12.1 Å². The largest absolute Gasteiger partial charge is 0.0912 e. The number of allylic oxidation sites excluding steroid dienone is 4. The summed E-state index contributed by atoms with van der Waals surface area (Å²) < 4.78 is 0. The van der Waals surface area contributed by atoms with Gasteiger partial charge in [-0.25, -0.2) is 0 Å². The molecule has 0 radical (unpaired) electrons. The number of hydrogen-bond donors (Lipinski definition) is 0. The summed E-state index contributed by atoms with van der Waals surface area (Å²) in [5.74, 6) is 0. The van der Waals surface area contributed by atoms with Crippen LogP contribution in [0.5, 0.6) is 0 Å². The lowest BCUT2D eigenvalue weighted by atomic mass is 10.4. The maximum absolute atomic E-state index is 2.45. The third kappa shape index (κ3) is 3.45. The molecule has 1 heterocycles. The molecule has 80 valence electrons. The first-order chi connectivity index (χ1) is 6.83. The summed E-state index contributed by atoms with van der Waals surface area (Å²) in [5, 5.41) is 0. The molecule has 1 rings (SSSR count). The molecule has 1 saturated heterocycles. The molecular weight excluding hydrogens is 184 g/mol. The molecule has 0 saturated carbocycles.